The number of amides is 6. The van der Waals surface area contributed by atoms with Crippen LogP contribution in [0.1, 0.15) is 23.7 Å². The van der Waals surface area contributed by atoms with Crippen molar-refractivity contribution in [2.24, 2.45) is 5.73 Å². The predicted octanol–water partition coefficient (Wildman–Crippen LogP) is -0.591. The maximum Gasteiger partial charge on any atom is 0.244 e. The van der Waals surface area contributed by atoms with Crippen LogP contribution in [0.4, 0.5) is 0 Å². The molecule has 0 bridgehead atoms. The number of fused-ring (bicyclic) bond motifs is 1. The highest BCUT2D eigenvalue weighted by Crippen LogP contribution is 2.19. The third kappa shape index (κ3) is 10.7. The monoisotopic (exact) mass is 689 g/mol. The molecule has 0 saturated heterocycles. The van der Waals surface area contributed by atoms with Crippen LogP contribution in [0.3, 0.4) is 0 Å². The molecule has 9 N–H and O–H groups in total. The van der Waals surface area contributed by atoms with Crippen molar-refractivity contribution in [1.29, 1.82) is 0 Å². The molecule has 2 aromatic heterocycles. The van der Waals surface area contributed by atoms with Crippen LogP contribution in [0.5, 0.6) is 0 Å². The average Bonchev–Trinajstić information content (AvgIpc) is 3.75. The van der Waals surface area contributed by atoms with Gasteiger partial charge in [-0.05, 0) is 17.2 Å². The standard InChI is InChI=1S/C33H39N9O6S/c1-19(43)39-26(11-20-7-3-2-4-8-20)32(47)42-27(13-22-15-35-18-38-22)31(46)37-16-29(44)40-28(17-49)33(48)41-25(30(34)45)12-21-14-36-24-10-6-5-9-23(21)24/h2-10,14-15,18,25-28,36,49H,11-13,16-17H2,1H3,(H2,34,45)(H,35,38)(H,37,46)(H,39,43)(H,40,44)(H,41,48)(H,42,47)/t25-,26+,27+,28-/m0/s1. The molecule has 2 heterocycles. The average molecular weight is 690 g/mol. The van der Waals surface area contributed by atoms with Crippen molar-refractivity contribution in [3.63, 3.8) is 0 Å². The third-order valence-corrected chi connectivity index (χ3v) is 7.97. The number of para-hydroxylation sites is 1. The van der Waals surface area contributed by atoms with Gasteiger partial charge in [0.2, 0.25) is 35.4 Å². The van der Waals surface area contributed by atoms with Gasteiger partial charge in [-0.25, -0.2) is 4.98 Å². The lowest BCUT2D eigenvalue weighted by Crippen LogP contribution is -2.57. The predicted molar refractivity (Wildman–Crippen MR) is 184 cm³/mol. The molecule has 0 aliphatic rings. The van der Waals surface area contributed by atoms with E-state index in [-0.39, 0.29) is 25.0 Å². The van der Waals surface area contributed by atoms with Gasteiger partial charge < -0.3 is 42.3 Å². The molecule has 16 heteroatoms. The summed E-state index contributed by atoms with van der Waals surface area (Å²) >= 11 is 4.18. The quantitative estimate of drug-likeness (QED) is 0.0654. The molecule has 49 heavy (non-hydrogen) atoms. The van der Waals surface area contributed by atoms with Crippen molar-refractivity contribution >= 4 is 59.0 Å². The fraction of sp³-hybridized carbons (Fsp3) is 0.303. The minimum absolute atomic E-state index is 0.00390. The number of aromatic amines is 2. The van der Waals surface area contributed by atoms with Gasteiger partial charge in [-0.15, -0.1) is 0 Å². The molecular weight excluding hydrogens is 650 g/mol. The Kier molecular flexibility index (Phi) is 12.9. The maximum atomic E-state index is 13.3. The van der Waals surface area contributed by atoms with Crippen molar-refractivity contribution in [3.05, 3.63) is 90.1 Å². The van der Waals surface area contributed by atoms with Crippen molar-refractivity contribution in [2.45, 2.75) is 50.4 Å². The van der Waals surface area contributed by atoms with E-state index in [0.29, 0.717) is 5.69 Å². The number of nitrogens with zero attached hydrogens (tertiary/aromatic N) is 1. The van der Waals surface area contributed by atoms with Gasteiger partial charge in [-0.1, -0.05) is 48.5 Å². The number of benzene rings is 2. The van der Waals surface area contributed by atoms with E-state index in [2.05, 4.69) is 54.2 Å². The number of carbonyl (C=O) groups is 6. The van der Waals surface area contributed by atoms with E-state index in [1.165, 1.54) is 19.4 Å². The molecule has 0 spiro atoms. The van der Waals surface area contributed by atoms with Gasteiger partial charge in [0.1, 0.15) is 24.2 Å². The van der Waals surface area contributed by atoms with E-state index < -0.39 is 66.2 Å². The summed E-state index contributed by atoms with van der Waals surface area (Å²) in [7, 11) is 0. The van der Waals surface area contributed by atoms with Crippen LogP contribution in [0.15, 0.2) is 73.3 Å². The van der Waals surface area contributed by atoms with Crippen LogP contribution < -0.4 is 32.3 Å². The molecule has 0 aliphatic carbocycles. The van der Waals surface area contributed by atoms with Crippen LogP contribution in [0.2, 0.25) is 0 Å². The molecule has 0 radical (unpaired) electrons. The molecule has 0 unspecified atom stereocenters. The second kappa shape index (κ2) is 17.5. The van der Waals surface area contributed by atoms with Gasteiger partial charge in [0.25, 0.3) is 0 Å². The summed E-state index contributed by atoms with van der Waals surface area (Å²) in [6, 6.07) is 12.2. The summed E-state index contributed by atoms with van der Waals surface area (Å²) in [6.45, 7) is 0.744. The van der Waals surface area contributed by atoms with Crippen molar-refractivity contribution < 1.29 is 28.8 Å². The molecule has 4 rings (SSSR count). The lowest BCUT2D eigenvalue weighted by molar-refractivity contribution is -0.133. The van der Waals surface area contributed by atoms with Crippen LogP contribution in [-0.2, 0) is 48.0 Å². The molecule has 0 fully saturated rings. The first kappa shape index (κ1) is 36.2. The zero-order valence-corrected chi connectivity index (χ0v) is 27.6. The second-order valence-electron chi connectivity index (χ2n) is 11.3. The Labute approximate surface area is 287 Å². The third-order valence-electron chi connectivity index (χ3n) is 7.60. The number of aromatic nitrogens is 3. The number of hydrogen-bond donors (Lipinski definition) is 9. The Morgan fingerprint density at radius 1 is 0.776 bits per heavy atom. The first-order chi connectivity index (χ1) is 23.5. The van der Waals surface area contributed by atoms with Gasteiger partial charge in [0.15, 0.2) is 0 Å². The van der Waals surface area contributed by atoms with Crippen LogP contribution in [0.25, 0.3) is 10.9 Å². The molecule has 15 nitrogen and oxygen atoms in total. The molecule has 6 amide bonds. The molecule has 2 aromatic carbocycles. The van der Waals surface area contributed by atoms with Gasteiger partial charge >= 0.3 is 0 Å². The van der Waals surface area contributed by atoms with E-state index in [1.54, 1.807) is 18.3 Å². The topological polar surface area (TPSA) is 233 Å². The molecule has 4 atom stereocenters. The smallest absolute Gasteiger partial charge is 0.244 e. The maximum absolute atomic E-state index is 13.3. The summed E-state index contributed by atoms with van der Waals surface area (Å²) in [4.78, 5) is 86.6. The lowest BCUT2D eigenvalue weighted by atomic mass is 10.0. The van der Waals surface area contributed by atoms with Crippen LogP contribution >= 0.6 is 12.6 Å². The van der Waals surface area contributed by atoms with Crippen molar-refractivity contribution in [2.75, 3.05) is 12.3 Å². The Bertz CT molecular complexity index is 1760. The molecular formula is C33H39N9O6S. The minimum atomic E-state index is -1.16. The van der Waals surface area contributed by atoms with E-state index in [4.69, 9.17) is 5.73 Å². The Hall–Kier alpha value is -5.64. The molecule has 4 aromatic rings. The molecule has 258 valence electrons. The first-order valence-electron chi connectivity index (χ1n) is 15.4. The summed E-state index contributed by atoms with van der Waals surface area (Å²) in [6.07, 6.45) is 4.94. The molecule has 0 aliphatic heterocycles. The Morgan fingerprint density at radius 2 is 1.45 bits per heavy atom. The zero-order chi connectivity index (χ0) is 35.3. The largest absolute Gasteiger partial charge is 0.368 e. The number of rotatable bonds is 17. The number of carbonyl (C=O) groups excluding carboxylic acids is 6. The highest BCUT2D eigenvalue weighted by molar-refractivity contribution is 7.80. The van der Waals surface area contributed by atoms with Crippen LogP contribution in [-0.4, -0.2) is 86.9 Å². The number of nitrogens with one attached hydrogen (secondary N) is 7. The minimum Gasteiger partial charge on any atom is -0.368 e. The summed E-state index contributed by atoms with van der Waals surface area (Å²) in [5, 5.41) is 13.7. The number of nitrogens with two attached hydrogens (primary N) is 1. The van der Waals surface area contributed by atoms with Gasteiger partial charge in [0, 0.05) is 60.9 Å². The Balaban J connectivity index is 1.36. The summed E-state index contributed by atoms with van der Waals surface area (Å²) in [5.41, 5.74) is 8.55. The Morgan fingerprint density at radius 3 is 2.12 bits per heavy atom. The molecule has 0 saturated carbocycles. The van der Waals surface area contributed by atoms with Gasteiger partial charge in [-0.3, -0.25) is 28.8 Å². The second-order valence-corrected chi connectivity index (χ2v) is 11.7. The van der Waals surface area contributed by atoms with Crippen molar-refractivity contribution in [3.8, 4) is 0 Å². The fourth-order valence-corrected chi connectivity index (χ4v) is 5.40. The number of thiol groups is 1. The van der Waals surface area contributed by atoms with Gasteiger partial charge in [-0.2, -0.15) is 12.6 Å². The lowest BCUT2D eigenvalue weighted by Gasteiger charge is -2.23. The normalized spacial score (nSPS) is 13.3. The summed E-state index contributed by atoms with van der Waals surface area (Å²) in [5.74, 6) is -4.01. The summed E-state index contributed by atoms with van der Waals surface area (Å²) < 4.78 is 0. The highest BCUT2D eigenvalue weighted by Gasteiger charge is 2.29. The number of H-pyrrole nitrogens is 2. The highest BCUT2D eigenvalue weighted by atomic mass is 32.1. The van der Waals surface area contributed by atoms with Crippen molar-refractivity contribution in [1.82, 2.24) is 41.5 Å². The zero-order valence-electron chi connectivity index (χ0n) is 26.7. The SMILES string of the molecule is CC(=O)N[C@H](Cc1ccccc1)C(=O)N[C@H](Cc1cnc[nH]1)C(=O)NCC(=O)N[C@@H](CS)C(=O)N[C@@H](Cc1c[nH]c2ccccc12)C(N)=O. The van der Waals surface area contributed by atoms with E-state index >= 15 is 0 Å². The van der Waals surface area contributed by atoms with Crippen LogP contribution in [0, 0.1) is 0 Å². The number of primary amides is 1. The van der Waals surface area contributed by atoms with E-state index in [9.17, 15) is 28.8 Å². The van der Waals surface area contributed by atoms with Gasteiger partial charge in [0.05, 0.1) is 12.9 Å². The van der Waals surface area contributed by atoms with E-state index in [0.717, 1.165) is 22.0 Å². The first-order valence-corrected chi connectivity index (χ1v) is 16.1. The fourth-order valence-electron chi connectivity index (χ4n) is 5.15. The number of hydrogen-bond acceptors (Lipinski definition) is 8. The van der Waals surface area contributed by atoms with E-state index in [1.807, 2.05) is 42.5 Å². The number of imidazole rings is 1.